The van der Waals surface area contributed by atoms with Crippen LogP contribution in [-0.4, -0.2) is 49.9 Å². The minimum Gasteiger partial charge on any atom is -0.494 e. The second kappa shape index (κ2) is 8.36. The molecule has 9 heteroatoms. The number of nitrogens with zero attached hydrogens (tertiary/aromatic N) is 3. The Labute approximate surface area is 157 Å². The Kier molecular flexibility index (Phi) is 5.92. The first-order valence-electron chi connectivity index (χ1n) is 8.40. The topological polar surface area (TPSA) is 98.7 Å². The maximum absolute atomic E-state index is 11.6. The van der Waals surface area contributed by atoms with Gasteiger partial charge in [0.15, 0.2) is 15.6 Å². The van der Waals surface area contributed by atoms with Gasteiger partial charge in [-0.25, -0.2) is 8.42 Å². The number of hydrogen-bond acceptors (Lipinski definition) is 8. The standard InChI is InChI=1S/C18H21N3O5S/c1-21(13-17-19-18(20-26-17)16-8-4-10-25-16)9-5-11-24-14-6-3-7-15(12-14)27(2,22)23/h3-4,6-8,10,12H,5,9,11,13H2,1-2H3. The van der Waals surface area contributed by atoms with Crippen LogP contribution in [-0.2, 0) is 16.4 Å². The molecule has 0 fully saturated rings. The molecule has 2 aromatic heterocycles. The summed E-state index contributed by atoms with van der Waals surface area (Å²) in [7, 11) is -1.29. The summed E-state index contributed by atoms with van der Waals surface area (Å²) in [5.74, 6) is 2.04. The summed E-state index contributed by atoms with van der Waals surface area (Å²) in [6.07, 6.45) is 3.50. The van der Waals surface area contributed by atoms with Crippen molar-refractivity contribution in [3.05, 3.63) is 48.6 Å². The molecule has 0 saturated heterocycles. The number of hydrogen-bond donors (Lipinski definition) is 0. The molecule has 0 aliphatic heterocycles. The predicted molar refractivity (Wildman–Crippen MR) is 98.0 cm³/mol. The number of aromatic nitrogens is 2. The molecule has 0 saturated carbocycles. The number of furan rings is 1. The summed E-state index contributed by atoms with van der Waals surface area (Å²) in [4.78, 5) is 6.59. The first-order chi connectivity index (χ1) is 12.9. The van der Waals surface area contributed by atoms with E-state index >= 15 is 0 Å². The zero-order chi connectivity index (χ0) is 19.3. The van der Waals surface area contributed by atoms with Crippen LogP contribution in [0.4, 0.5) is 0 Å². The van der Waals surface area contributed by atoms with Gasteiger partial charge in [-0.15, -0.1) is 0 Å². The van der Waals surface area contributed by atoms with Crippen molar-refractivity contribution in [2.24, 2.45) is 0 Å². The lowest BCUT2D eigenvalue weighted by molar-refractivity contribution is 0.235. The largest absolute Gasteiger partial charge is 0.494 e. The van der Waals surface area contributed by atoms with Crippen molar-refractivity contribution in [2.45, 2.75) is 17.9 Å². The van der Waals surface area contributed by atoms with Crippen LogP contribution >= 0.6 is 0 Å². The van der Waals surface area contributed by atoms with Crippen LogP contribution in [0.15, 0.2) is 56.5 Å². The van der Waals surface area contributed by atoms with Gasteiger partial charge in [0.25, 0.3) is 0 Å². The minimum absolute atomic E-state index is 0.251. The molecular formula is C18H21N3O5S. The highest BCUT2D eigenvalue weighted by Gasteiger charge is 2.12. The highest BCUT2D eigenvalue weighted by Crippen LogP contribution is 2.18. The van der Waals surface area contributed by atoms with E-state index in [1.54, 1.807) is 36.6 Å². The average molecular weight is 391 g/mol. The smallest absolute Gasteiger partial charge is 0.241 e. The van der Waals surface area contributed by atoms with Crippen molar-refractivity contribution in [1.29, 1.82) is 0 Å². The maximum atomic E-state index is 11.6. The summed E-state index contributed by atoms with van der Waals surface area (Å²) >= 11 is 0. The molecule has 8 nitrogen and oxygen atoms in total. The molecule has 0 unspecified atom stereocenters. The zero-order valence-electron chi connectivity index (χ0n) is 15.2. The summed E-state index contributed by atoms with van der Waals surface area (Å²) in [5.41, 5.74) is 0. The van der Waals surface area contributed by atoms with E-state index < -0.39 is 9.84 Å². The van der Waals surface area contributed by atoms with Crippen molar-refractivity contribution >= 4 is 9.84 Å². The second-order valence-electron chi connectivity index (χ2n) is 6.18. The van der Waals surface area contributed by atoms with Crippen LogP contribution in [0.3, 0.4) is 0 Å². The van der Waals surface area contributed by atoms with Crippen LogP contribution in [0.1, 0.15) is 12.3 Å². The van der Waals surface area contributed by atoms with Gasteiger partial charge in [-0.05, 0) is 43.8 Å². The number of benzene rings is 1. The molecule has 2 heterocycles. The van der Waals surface area contributed by atoms with Crippen LogP contribution in [0.2, 0.25) is 0 Å². The third-order valence-electron chi connectivity index (χ3n) is 3.80. The fraction of sp³-hybridized carbons (Fsp3) is 0.333. The van der Waals surface area contributed by atoms with E-state index in [4.69, 9.17) is 13.7 Å². The third-order valence-corrected chi connectivity index (χ3v) is 4.91. The molecule has 0 radical (unpaired) electrons. The molecule has 0 amide bonds. The van der Waals surface area contributed by atoms with Gasteiger partial charge < -0.3 is 13.7 Å². The molecule has 27 heavy (non-hydrogen) atoms. The molecule has 1 aromatic carbocycles. The van der Waals surface area contributed by atoms with E-state index in [-0.39, 0.29) is 4.90 Å². The van der Waals surface area contributed by atoms with Gasteiger partial charge in [0, 0.05) is 12.8 Å². The van der Waals surface area contributed by atoms with Crippen molar-refractivity contribution in [2.75, 3.05) is 26.5 Å². The summed E-state index contributed by atoms with van der Waals surface area (Å²) < 4.78 is 39.2. The Bertz CT molecular complexity index is 967. The molecule has 144 valence electrons. The van der Waals surface area contributed by atoms with E-state index in [9.17, 15) is 8.42 Å². The van der Waals surface area contributed by atoms with Crippen molar-refractivity contribution in [3.63, 3.8) is 0 Å². The summed E-state index contributed by atoms with van der Waals surface area (Å²) in [6.45, 7) is 1.74. The Hall–Kier alpha value is -2.65. The Morgan fingerprint density at radius 1 is 1.22 bits per heavy atom. The average Bonchev–Trinajstić information content (AvgIpc) is 3.30. The van der Waals surface area contributed by atoms with E-state index in [1.165, 1.54) is 12.3 Å². The summed E-state index contributed by atoms with van der Waals surface area (Å²) in [6, 6.07) is 10.0. The molecule has 0 atom stereocenters. The molecule has 0 bridgehead atoms. The lowest BCUT2D eigenvalue weighted by atomic mass is 10.3. The third kappa shape index (κ3) is 5.41. The molecular weight excluding hydrogens is 370 g/mol. The highest BCUT2D eigenvalue weighted by atomic mass is 32.2. The number of rotatable bonds is 9. The molecule has 0 aliphatic carbocycles. The Morgan fingerprint density at radius 2 is 2.07 bits per heavy atom. The minimum atomic E-state index is -3.24. The van der Waals surface area contributed by atoms with Gasteiger partial charge >= 0.3 is 0 Å². The molecule has 0 N–H and O–H groups in total. The number of sulfone groups is 1. The van der Waals surface area contributed by atoms with Gasteiger partial charge in [0.05, 0.1) is 24.3 Å². The summed E-state index contributed by atoms with van der Waals surface area (Å²) in [5, 5.41) is 3.90. The monoisotopic (exact) mass is 391 g/mol. The van der Waals surface area contributed by atoms with Gasteiger partial charge in [0.2, 0.25) is 11.7 Å². The van der Waals surface area contributed by atoms with E-state index in [0.29, 0.717) is 36.4 Å². The van der Waals surface area contributed by atoms with Crippen molar-refractivity contribution in [1.82, 2.24) is 15.0 Å². The fourth-order valence-corrected chi connectivity index (χ4v) is 3.11. The van der Waals surface area contributed by atoms with Crippen LogP contribution in [0, 0.1) is 0 Å². The van der Waals surface area contributed by atoms with E-state index in [0.717, 1.165) is 13.0 Å². The molecule has 3 aromatic rings. The van der Waals surface area contributed by atoms with Crippen LogP contribution < -0.4 is 4.74 Å². The van der Waals surface area contributed by atoms with Gasteiger partial charge in [-0.2, -0.15) is 4.98 Å². The quantitative estimate of drug-likeness (QED) is 0.513. The fourth-order valence-electron chi connectivity index (χ4n) is 2.45. The predicted octanol–water partition coefficient (Wildman–Crippen LogP) is 2.63. The lowest BCUT2D eigenvalue weighted by Crippen LogP contribution is -2.21. The Balaban J connectivity index is 1.43. The van der Waals surface area contributed by atoms with Gasteiger partial charge in [-0.1, -0.05) is 11.2 Å². The van der Waals surface area contributed by atoms with Crippen LogP contribution in [0.25, 0.3) is 11.6 Å². The second-order valence-corrected chi connectivity index (χ2v) is 8.19. The molecule has 3 rings (SSSR count). The van der Waals surface area contributed by atoms with E-state index in [1.807, 2.05) is 11.9 Å². The first kappa shape index (κ1) is 19.1. The van der Waals surface area contributed by atoms with Gasteiger partial charge in [-0.3, -0.25) is 4.90 Å². The van der Waals surface area contributed by atoms with Crippen molar-refractivity contribution in [3.8, 4) is 17.3 Å². The first-order valence-corrected chi connectivity index (χ1v) is 10.3. The van der Waals surface area contributed by atoms with Crippen LogP contribution in [0.5, 0.6) is 5.75 Å². The maximum Gasteiger partial charge on any atom is 0.241 e. The number of ether oxygens (including phenoxy) is 1. The van der Waals surface area contributed by atoms with E-state index in [2.05, 4.69) is 10.1 Å². The highest BCUT2D eigenvalue weighted by molar-refractivity contribution is 7.90. The lowest BCUT2D eigenvalue weighted by Gasteiger charge is -2.14. The van der Waals surface area contributed by atoms with Crippen molar-refractivity contribution < 1.29 is 22.1 Å². The Morgan fingerprint density at radius 3 is 2.81 bits per heavy atom. The van der Waals surface area contributed by atoms with Gasteiger partial charge in [0.1, 0.15) is 5.75 Å². The SMILES string of the molecule is CN(CCCOc1cccc(S(C)(=O)=O)c1)Cc1nc(-c2ccco2)no1. The zero-order valence-corrected chi connectivity index (χ0v) is 16.0. The normalized spacial score (nSPS) is 11.8. The molecule has 0 aliphatic rings. The molecule has 0 spiro atoms.